The van der Waals surface area contributed by atoms with Crippen molar-refractivity contribution in [2.24, 2.45) is 16.8 Å². The third-order valence-corrected chi connectivity index (χ3v) is 3.93. The lowest BCUT2D eigenvalue weighted by Crippen LogP contribution is -2.36. The summed E-state index contributed by atoms with van der Waals surface area (Å²) in [6.07, 6.45) is 5.66. The number of carbonyl (C=O) groups excluding carboxylic acids is 1. The summed E-state index contributed by atoms with van der Waals surface area (Å²) < 4.78 is 6.55. The quantitative estimate of drug-likeness (QED) is 0.738. The molecule has 0 aromatic heterocycles. The molecule has 0 N–H and O–H groups in total. The van der Waals surface area contributed by atoms with E-state index in [4.69, 9.17) is 4.74 Å². The molecule has 106 valence electrons. The van der Waals surface area contributed by atoms with Crippen LogP contribution in [0.3, 0.4) is 0 Å². The van der Waals surface area contributed by atoms with Crippen molar-refractivity contribution in [2.45, 2.75) is 39.2 Å². The number of allylic oxidation sites excluding steroid dienone is 1. The Bertz CT molecular complexity index is 412. The predicted octanol–water partition coefficient (Wildman–Crippen LogP) is 3.57. The highest BCUT2D eigenvalue weighted by Crippen LogP contribution is 2.32. The summed E-state index contributed by atoms with van der Waals surface area (Å²) in [7, 11) is 0. The van der Waals surface area contributed by atoms with E-state index in [1.54, 1.807) is 0 Å². The smallest absolute Gasteiger partial charge is 0.410 e. The molecule has 1 amide bonds. The molecule has 5 heteroatoms. The molecule has 0 bridgehead atoms. The fourth-order valence-electron chi connectivity index (χ4n) is 2.48. The number of hydrogen-bond acceptors (Lipinski definition) is 3. The highest BCUT2D eigenvalue weighted by molar-refractivity contribution is 9.11. The number of carbonyl (C=O) groups is 1. The van der Waals surface area contributed by atoms with Crippen molar-refractivity contribution in [1.82, 2.24) is 4.90 Å². The molecular formula is C14H21BrN2O2. The number of likely N-dealkylation sites (tertiary alicyclic amines) is 1. The molecular weight excluding hydrogens is 308 g/mol. The van der Waals surface area contributed by atoms with Gasteiger partial charge < -0.3 is 9.64 Å². The normalized spacial score (nSPS) is 27.4. The molecule has 0 radical (unpaired) electrons. The van der Waals surface area contributed by atoms with Gasteiger partial charge in [0.15, 0.2) is 0 Å². The van der Waals surface area contributed by atoms with E-state index < -0.39 is 5.60 Å². The molecule has 2 heterocycles. The van der Waals surface area contributed by atoms with Gasteiger partial charge >= 0.3 is 6.09 Å². The van der Waals surface area contributed by atoms with E-state index >= 15 is 0 Å². The van der Waals surface area contributed by atoms with Crippen molar-refractivity contribution in [2.75, 3.05) is 13.1 Å². The van der Waals surface area contributed by atoms with E-state index in [1.807, 2.05) is 38.1 Å². The van der Waals surface area contributed by atoms with E-state index in [1.165, 1.54) is 0 Å². The zero-order valence-electron chi connectivity index (χ0n) is 11.7. The first-order valence-corrected chi connectivity index (χ1v) is 7.50. The maximum atomic E-state index is 12.0. The van der Waals surface area contributed by atoms with Gasteiger partial charge in [0.1, 0.15) is 5.60 Å². The van der Waals surface area contributed by atoms with Crippen LogP contribution >= 0.6 is 15.9 Å². The number of amides is 1. The van der Waals surface area contributed by atoms with Gasteiger partial charge in [0.2, 0.25) is 0 Å². The van der Waals surface area contributed by atoms with E-state index in [-0.39, 0.29) is 6.09 Å². The molecule has 19 heavy (non-hydrogen) atoms. The zero-order chi connectivity index (χ0) is 14.0. The van der Waals surface area contributed by atoms with Gasteiger partial charge in [-0.1, -0.05) is 15.9 Å². The number of aliphatic imine (C=N–C) groups is 1. The van der Waals surface area contributed by atoms with Gasteiger partial charge in [-0.3, -0.25) is 4.99 Å². The van der Waals surface area contributed by atoms with Crippen LogP contribution in [0.2, 0.25) is 0 Å². The lowest BCUT2D eigenvalue weighted by Gasteiger charge is -2.25. The predicted molar refractivity (Wildman–Crippen MR) is 79.5 cm³/mol. The summed E-state index contributed by atoms with van der Waals surface area (Å²) in [6, 6.07) is 0. The second-order valence-corrected chi connectivity index (χ2v) is 7.24. The summed E-state index contributed by atoms with van der Waals surface area (Å²) in [5.41, 5.74) is -0.423. The van der Waals surface area contributed by atoms with Crippen molar-refractivity contribution in [3.8, 4) is 0 Å². The van der Waals surface area contributed by atoms with E-state index in [2.05, 4.69) is 20.9 Å². The number of nitrogens with zero attached hydrogens (tertiary/aromatic N) is 2. The molecule has 2 aliphatic rings. The molecule has 0 aliphatic carbocycles. The third-order valence-electron chi connectivity index (χ3n) is 3.40. The molecule has 4 nitrogen and oxygen atoms in total. The Morgan fingerprint density at radius 2 is 2.26 bits per heavy atom. The number of rotatable bonds is 1. The highest BCUT2D eigenvalue weighted by Gasteiger charge is 2.33. The van der Waals surface area contributed by atoms with Gasteiger partial charge in [0.25, 0.3) is 0 Å². The first kappa shape index (κ1) is 14.6. The molecule has 2 atom stereocenters. The lowest BCUT2D eigenvalue weighted by atomic mass is 9.89. The summed E-state index contributed by atoms with van der Waals surface area (Å²) >= 11 is 3.50. The average molecular weight is 329 g/mol. The molecule has 0 aromatic carbocycles. The van der Waals surface area contributed by atoms with Gasteiger partial charge in [0, 0.05) is 35.9 Å². The largest absolute Gasteiger partial charge is 0.444 e. The fraction of sp³-hybridized carbons (Fsp3) is 0.714. The molecule has 0 saturated carbocycles. The van der Waals surface area contributed by atoms with Crippen molar-refractivity contribution in [3.63, 3.8) is 0 Å². The summed E-state index contributed by atoms with van der Waals surface area (Å²) in [4.78, 5) is 18.1. The van der Waals surface area contributed by atoms with Gasteiger partial charge in [-0.05, 0) is 39.5 Å². The zero-order valence-corrected chi connectivity index (χ0v) is 13.3. The minimum atomic E-state index is -0.423. The van der Waals surface area contributed by atoms with E-state index in [9.17, 15) is 4.79 Å². The Morgan fingerprint density at radius 1 is 1.53 bits per heavy atom. The topological polar surface area (TPSA) is 41.9 Å². The Balaban J connectivity index is 1.88. The first-order chi connectivity index (χ1) is 8.85. The van der Waals surface area contributed by atoms with Gasteiger partial charge in [-0.2, -0.15) is 0 Å². The van der Waals surface area contributed by atoms with Crippen LogP contribution in [-0.4, -0.2) is 35.9 Å². The standard InChI is InChI=1S/C14H21BrN2O2/c1-14(2,3)19-13(18)17-5-4-10(9-17)11-6-12(15)8-16-7-11/h7-8,10-11H,4-6,9H2,1-3H3. The molecule has 2 aliphatic heterocycles. The summed E-state index contributed by atoms with van der Waals surface area (Å²) in [6.45, 7) is 7.24. The molecule has 0 spiro atoms. The summed E-state index contributed by atoms with van der Waals surface area (Å²) in [5.74, 6) is 0.907. The Labute approximate surface area is 123 Å². The highest BCUT2D eigenvalue weighted by atomic mass is 79.9. The van der Waals surface area contributed by atoms with Crippen LogP contribution in [0.4, 0.5) is 4.79 Å². The number of hydrogen-bond donors (Lipinski definition) is 0. The SMILES string of the molecule is CC(C)(C)OC(=O)N1CCC(C2C=NC=C(Br)C2)C1. The van der Waals surface area contributed by atoms with Gasteiger partial charge in [-0.25, -0.2) is 4.79 Å². The van der Waals surface area contributed by atoms with Gasteiger partial charge in [0.05, 0.1) is 0 Å². The van der Waals surface area contributed by atoms with Crippen molar-refractivity contribution in [3.05, 3.63) is 10.7 Å². The average Bonchev–Trinajstić information content (AvgIpc) is 2.75. The van der Waals surface area contributed by atoms with Crippen LogP contribution in [0.25, 0.3) is 0 Å². The van der Waals surface area contributed by atoms with Crippen molar-refractivity contribution >= 4 is 28.2 Å². The van der Waals surface area contributed by atoms with Crippen LogP contribution in [-0.2, 0) is 4.74 Å². The maximum absolute atomic E-state index is 12.0. The van der Waals surface area contributed by atoms with Crippen LogP contribution < -0.4 is 0 Å². The van der Waals surface area contributed by atoms with Crippen LogP contribution in [0.5, 0.6) is 0 Å². The lowest BCUT2D eigenvalue weighted by molar-refractivity contribution is 0.0286. The minimum absolute atomic E-state index is 0.197. The van der Waals surface area contributed by atoms with Crippen molar-refractivity contribution in [1.29, 1.82) is 0 Å². The van der Waals surface area contributed by atoms with Crippen LogP contribution in [0.15, 0.2) is 15.7 Å². The van der Waals surface area contributed by atoms with E-state index in [0.29, 0.717) is 11.8 Å². The first-order valence-electron chi connectivity index (χ1n) is 6.71. The van der Waals surface area contributed by atoms with E-state index in [0.717, 1.165) is 30.4 Å². The molecule has 1 fully saturated rings. The Hall–Kier alpha value is -0.840. The second-order valence-electron chi connectivity index (χ2n) is 6.22. The molecule has 0 aromatic rings. The Kier molecular flexibility index (Phi) is 4.33. The summed E-state index contributed by atoms with van der Waals surface area (Å²) in [5, 5.41) is 0. The monoisotopic (exact) mass is 328 g/mol. The second kappa shape index (κ2) is 5.65. The maximum Gasteiger partial charge on any atom is 0.410 e. The molecule has 2 rings (SSSR count). The fourth-order valence-corrected chi connectivity index (χ4v) is 2.97. The Morgan fingerprint density at radius 3 is 2.89 bits per heavy atom. The molecule has 1 saturated heterocycles. The van der Waals surface area contributed by atoms with Crippen LogP contribution in [0, 0.1) is 11.8 Å². The van der Waals surface area contributed by atoms with Gasteiger partial charge in [-0.15, -0.1) is 0 Å². The molecule has 2 unspecified atom stereocenters. The number of halogens is 1. The number of ether oxygens (including phenoxy) is 1. The van der Waals surface area contributed by atoms with Crippen LogP contribution in [0.1, 0.15) is 33.6 Å². The third kappa shape index (κ3) is 4.06. The van der Waals surface area contributed by atoms with Crippen molar-refractivity contribution < 1.29 is 9.53 Å². The minimum Gasteiger partial charge on any atom is -0.444 e.